The zero-order valence-electron chi connectivity index (χ0n) is 25.4. The maximum Gasteiger partial charge on any atom is 0.360 e. The van der Waals surface area contributed by atoms with Gasteiger partial charge in [-0.2, -0.15) is 0 Å². The average Bonchev–Trinajstić information content (AvgIpc) is 3.06. The number of morpholine rings is 1. The summed E-state index contributed by atoms with van der Waals surface area (Å²) in [5, 5.41) is 5.94. The smallest absolute Gasteiger partial charge is 0.350 e. The van der Waals surface area contributed by atoms with Crippen molar-refractivity contribution in [1.82, 2.24) is 24.9 Å². The third kappa shape index (κ3) is 7.56. The molecule has 1 unspecified atom stereocenters. The summed E-state index contributed by atoms with van der Waals surface area (Å²) in [7, 11) is 0. The average molecular weight is 652 g/mol. The summed E-state index contributed by atoms with van der Waals surface area (Å²) in [6.45, 7) is 2.18. The van der Waals surface area contributed by atoms with E-state index in [2.05, 4.69) is 56.7 Å². The van der Waals surface area contributed by atoms with Crippen LogP contribution in [0, 0.1) is 6.92 Å². The van der Waals surface area contributed by atoms with E-state index in [-0.39, 0.29) is 13.2 Å². The van der Waals surface area contributed by atoms with Gasteiger partial charge in [-0.05, 0) is 41.4 Å². The second kappa shape index (κ2) is 14.8. The standard InChI is InChI=1S/C33H39ClN5O5P/c1-3-35-19-20-36-45(34,42)43-24-29-22-38(23-30(44-29)39-21-25(2)31(40)37-32(39)41)33(26-13-7-4-8-14-26,27-15-9-5-10-16-27)28-17-11-6-12-18-28/h4-18,21,29-30,35H,3,19-20,22-24H2,1-2H3,(H,36,42)(H,37,40,41)/t29-,30+,45?/m0/s1. The van der Waals surface area contributed by atoms with Crippen LogP contribution in [-0.4, -0.2) is 59.9 Å². The Bertz CT molecular complexity index is 1610. The first-order valence-electron chi connectivity index (χ1n) is 15.0. The first-order chi connectivity index (χ1) is 21.7. The number of hydrogen-bond acceptors (Lipinski definition) is 7. The van der Waals surface area contributed by atoms with E-state index in [9.17, 15) is 14.2 Å². The number of likely N-dealkylation sites (N-methyl/N-ethyl adjacent to an activating group) is 1. The molecule has 3 atom stereocenters. The summed E-state index contributed by atoms with van der Waals surface area (Å²) in [5.41, 5.74) is 1.55. The van der Waals surface area contributed by atoms with Crippen molar-refractivity contribution in [2.75, 3.05) is 39.3 Å². The van der Waals surface area contributed by atoms with Crippen molar-refractivity contribution in [2.24, 2.45) is 0 Å². The fourth-order valence-corrected chi connectivity index (χ4v) is 7.15. The lowest BCUT2D eigenvalue weighted by molar-refractivity contribution is -0.148. The van der Waals surface area contributed by atoms with Gasteiger partial charge in [-0.3, -0.25) is 23.8 Å². The predicted octanol–water partition coefficient (Wildman–Crippen LogP) is 4.60. The van der Waals surface area contributed by atoms with Crippen molar-refractivity contribution in [3.63, 3.8) is 0 Å². The van der Waals surface area contributed by atoms with Gasteiger partial charge in [0.25, 0.3) is 5.56 Å². The number of aryl methyl sites for hydroxylation is 1. The SMILES string of the molecule is CCNCCNP(=O)(Cl)OC[C@@H]1CN(C(c2ccccc2)(c2ccccc2)c2ccccc2)C[C@H](n2cc(C)c(=O)[nH]c2=O)O1. The van der Waals surface area contributed by atoms with Gasteiger partial charge in [-0.15, -0.1) is 0 Å². The lowest BCUT2D eigenvalue weighted by Crippen LogP contribution is -2.58. The van der Waals surface area contributed by atoms with E-state index in [4.69, 9.17) is 20.5 Å². The van der Waals surface area contributed by atoms with Crippen LogP contribution in [0.4, 0.5) is 0 Å². The quantitative estimate of drug-likeness (QED) is 0.109. The van der Waals surface area contributed by atoms with E-state index in [1.165, 1.54) is 10.8 Å². The van der Waals surface area contributed by atoms with Crippen LogP contribution in [0.15, 0.2) is 107 Å². The predicted molar refractivity (Wildman–Crippen MR) is 177 cm³/mol. The van der Waals surface area contributed by atoms with E-state index in [1.807, 2.05) is 61.5 Å². The number of nitrogens with zero attached hydrogens (tertiary/aromatic N) is 2. The second-order valence-corrected chi connectivity index (χ2v) is 13.8. The van der Waals surface area contributed by atoms with Crippen LogP contribution in [0.2, 0.25) is 0 Å². The fourth-order valence-electron chi connectivity index (χ4n) is 5.90. The van der Waals surface area contributed by atoms with Gasteiger partial charge in [0.2, 0.25) is 0 Å². The van der Waals surface area contributed by atoms with Gasteiger partial charge in [-0.1, -0.05) is 97.9 Å². The zero-order chi connectivity index (χ0) is 31.9. The molecule has 45 heavy (non-hydrogen) atoms. The van der Waals surface area contributed by atoms with Gasteiger partial charge in [-0.25, -0.2) is 9.88 Å². The summed E-state index contributed by atoms with van der Waals surface area (Å²) in [4.78, 5) is 30.1. The number of benzene rings is 3. The van der Waals surface area contributed by atoms with Gasteiger partial charge in [0.05, 0.1) is 18.2 Å². The molecule has 2 heterocycles. The number of halogens is 1. The molecule has 3 aromatic carbocycles. The van der Waals surface area contributed by atoms with E-state index < -0.39 is 36.0 Å². The van der Waals surface area contributed by atoms with Crippen molar-refractivity contribution < 1.29 is 13.8 Å². The number of aromatic amines is 1. The highest BCUT2D eigenvalue weighted by Crippen LogP contribution is 2.49. The number of rotatable bonds is 13. The van der Waals surface area contributed by atoms with Crippen LogP contribution in [0.25, 0.3) is 0 Å². The summed E-state index contributed by atoms with van der Waals surface area (Å²) in [6.07, 6.45) is 0.0420. The lowest BCUT2D eigenvalue weighted by Gasteiger charge is -2.50. The third-order valence-corrected chi connectivity index (χ3v) is 9.67. The van der Waals surface area contributed by atoms with Crippen molar-refractivity contribution in [2.45, 2.75) is 31.7 Å². The monoisotopic (exact) mass is 651 g/mol. The number of hydrogen-bond donors (Lipinski definition) is 3. The third-order valence-electron chi connectivity index (χ3n) is 7.93. The van der Waals surface area contributed by atoms with Gasteiger partial charge in [0.15, 0.2) is 6.23 Å². The molecule has 5 rings (SSSR count). The number of ether oxygens (including phenoxy) is 1. The Morgan fingerprint density at radius 2 is 1.49 bits per heavy atom. The van der Waals surface area contributed by atoms with E-state index in [0.29, 0.717) is 25.2 Å². The van der Waals surface area contributed by atoms with Crippen LogP contribution < -0.4 is 21.7 Å². The van der Waals surface area contributed by atoms with Crippen molar-refractivity contribution in [1.29, 1.82) is 0 Å². The van der Waals surface area contributed by atoms with Crippen molar-refractivity contribution in [3.8, 4) is 0 Å². The normalized spacial score (nSPS) is 18.8. The molecular weight excluding hydrogens is 613 g/mol. The topological polar surface area (TPSA) is 118 Å². The summed E-state index contributed by atoms with van der Waals surface area (Å²) < 4.78 is 26.7. The van der Waals surface area contributed by atoms with Gasteiger partial charge < -0.3 is 14.6 Å². The highest BCUT2D eigenvalue weighted by atomic mass is 35.7. The Morgan fingerprint density at radius 3 is 2.02 bits per heavy atom. The number of aromatic nitrogens is 2. The Kier molecular flexibility index (Phi) is 10.9. The molecule has 1 aromatic heterocycles. The molecule has 10 nitrogen and oxygen atoms in total. The van der Waals surface area contributed by atoms with Crippen molar-refractivity contribution in [3.05, 3.63) is 140 Å². The minimum atomic E-state index is -3.68. The molecular formula is C33H39ClN5O5P. The van der Waals surface area contributed by atoms with E-state index in [0.717, 1.165) is 23.2 Å². The van der Waals surface area contributed by atoms with Gasteiger partial charge in [0, 0.05) is 37.9 Å². The van der Waals surface area contributed by atoms with Crippen LogP contribution in [0.1, 0.15) is 35.4 Å². The molecule has 0 spiro atoms. The number of nitrogens with one attached hydrogen (secondary N) is 3. The fraction of sp³-hybridized carbons (Fsp3) is 0.333. The Balaban J connectivity index is 1.61. The zero-order valence-corrected chi connectivity index (χ0v) is 27.0. The maximum absolute atomic E-state index is 13.1. The first kappa shape index (κ1) is 33.0. The highest BCUT2D eigenvalue weighted by molar-refractivity contribution is 7.83. The lowest BCUT2D eigenvalue weighted by atomic mass is 9.75. The molecule has 0 saturated carbocycles. The Hall–Kier alpha value is -3.34. The van der Waals surface area contributed by atoms with E-state index in [1.54, 1.807) is 6.92 Å². The summed E-state index contributed by atoms with van der Waals surface area (Å²) in [5.74, 6) is 0. The minimum Gasteiger partial charge on any atom is -0.350 e. The minimum absolute atomic E-state index is 0.104. The summed E-state index contributed by atoms with van der Waals surface area (Å²) >= 11 is 6.30. The number of H-pyrrole nitrogens is 1. The molecule has 0 aliphatic carbocycles. The Labute approximate surface area is 267 Å². The molecule has 238 valence electrons. The molecule has 0 bridgehead atoms. The van der Waals surface area contributed by atoms with Crippen LogP contribution in [0.3, 0.4) is 0 Å². The molecule has 1 aliphatic rings. The molecule has 3 N–H and O–H groups in total. The molecule has 1 aliphatic heterocycles. The van der Waals surface area contributed by atoms with Crippen LogP contribution in [-0.2, 0) is 19.4 Å². The van der Waals surface area contributed by atoms with Crippen molar-refractivity contribution >= 4 is 18.1 Å². The second-order valence-electron chi connectivity index (χ2n) is 10.9. The first-order valence-corrected chi connectivity index (χ1v) is 17.6. The molecule has 12 heteroatoms. The van der Waals surface area contributed by atoms with Crippen LogP contribution in [0.5, 0.6) is 0 Å². The molecule has 0 amide bonds. The molecule has 1 fully saturated rings. The molecule has 0 radical (unpaired) electrons. The Morgan fingerprint density at radius 1 is 0.933 bits per heavy atom. The molecule has 4 aromatic rings. The highest BCUT2D eigenvalue weighted by Gasteiger charge is 2.46. The van der Waals surface area contributed by atoms with Gasteiger partial charge >= 0.3 is 12.6 Å². The van der Waals surface area contributed by atoms with E-state index >= 15 is 0 Å². The van der Waals surface area contributed by atoms with Gasteiger partial charge in [0.1, 0.15) is 0 Å². The molecule has 1 saturated heterocycles. The largest absolute Gasteiger partial charge is 0.360 e. The maximum atomic E-state index is 13.1. The summed E-state index contributed by atoms with van der Waals surface area (Å²) in [6, 6.07) is 30.5. The van der Waals surface area contributed by atoms with Crippen LogP contribution >= 0.6 is 18.1 Å².